The molecule has 0 saturated carbocycles. The summed E-state index contributed by atoms with van der Waals surface area (Å²) in [7, 11) is -3.48. The van der Waals surface area contributed by atoms with Gasteiger partial charge in [0.1, 0.15) is 5.82 Å². The van der Waals surface area contributed by atoms with Crippen molar-refractivity contribution >= 4 is 27.3 Å². The average Bonchev–Trinajstić information content (AvgIpc) is 2.80. The number of piperidine rings is 2. The summed E-state index contributed by atoms with van der Waals surface area (Å²) in [4.78, 5) is 14.9. The lowest BCUT2D eigenvalue weighted by atomic mass is 9.95. The minimum absolute atomic E-state index is 0.0835. The molecule has 166 valence electrons. The summed E-state index contributed by atoms with van der Waals surface area (Å²) in [5.41, 5.74) is 1.16. The minimum atomic E-state index is -3.48. The van der Waals surface area contributed by atoms with Gasteiger partial charge in [0.2, 0.25) is 15.9 Å². The fourth-order valence-corrected chi connectivity index (χ4v) is 5.82. The lowest BCUT2D eigenvalue weighted by Crippen LogP contribution is -2.38. The van der Waals surface area contributed by atoms with Gasteiger partial charge < -0.3 is 10.2 Å². The molecule has 1 N–H and O–H groups in total. The first kappa shape index (κ1) is 21.8. The molecule has 0 spiro atoms. The Bertz CT molecular complexity index is 1010. The molecule has 0 unspecified atom stereocenters. The summed E-state index contributed by atoms with van der Waals surface area (Å²) >= 11 is 0. The van der Waals surface area contributed by atoms with Gasteiger partial charge in [-0.2, -0.15) is 4.31 Å². The fraction of sp³-hybridized carbons (Fsp3) is 0.435. The molecule has 2 heterocycles. The number of anilines is 2. The largest absolute Gasteiger partial charge is 0.369 e. The topological polar surface area (TPSA) is 69.7 Å². The monoisotopic (exact) mass is 445 g/mol. The Labute approximate surface area is 183 Å². The number of halogens is 1. The molecule has 4 rings (SSSR count). The maximum atomic E-state index is 14.0. The summed E-state index contributed by atoms with van der Waals surface area (Å²) in [6, 6.07) is 13.1. The third-order valence-electron chi connectivity index (χ3n) is 6.13. The summed E-state index contributed by atoms with van der Waals surface area (Å²) in [6.45, 7) is 2.36. The van der Waals surface area contributed by atoms with Crippen molar-refractivity contribution in [2.24, 2.45) is 5.92 Å². The van der Waals surface area contributed by atoms with Gasteiger partial charge in [-0.25, -0.2) is 12.8 Å². The van der Waals surface area contributed by atoms with Crippen LogP contribution in [0.4, 0.5) is 15.8 Å². The van der Waals surface area contributed by atoms with Crippen molar-refractivity contribution in [1.82, 2.24) is 4.31 Å². The van der Waals surface area contributed by atoms with Gasteiger partial charge in [0.05, 0.1) is 10.6 Å². The van der Waals surface area contributed by atoms with E-state index in [1.807, 2.05) is 11.0 Å². The number of hydrogen-bond acceptors (Lipinski definition) is 4. The van der Waals surface area contributed by atoms with E-state index in [-0.39, 0.29) is 22.5 Å². The standard InChI is InChI=1S/C23H28FN3O3S/c24-21-6-2-3-7-22(21)26-16-12-18(13-17-26)23(28)25-19-8-10-20(11-9-19)31(29,30)27-14-4-1-5-15-27/h2-3,6-11,18H,1,4-5,12-17H2,(H,25,28). The maximum absolute atomic E-state index is 14.0. The Morgan fingerprint density at radius 3 is 2.19 bits per heavy atom. The molecule has 0 aromatic heterocycles. The molecule has 2 fully saturated rings. The lowest BCUT2D eigenvalue weighted by Gasteiger charge is -2.33. The normalized spacial score (nSPS) is 18.7. The van der Waals surface area contributed by atoms with Gasteiger partial charge in [0.15, 0.2) is 0 Å². The Morgan fingerprint density at radius 2 is 1.55 bits per heavy atom. The van der Waals surface area contributed by atoms with E-state index in [1.165, 1.54) is 10.4 Å². The third-order valence-corrected chi connectivity index (χ3v) is 8.05. The molecule has 2 aliphatic heterocycles. The van der Waals surface area contributed by atoms with Crippen LogP contribution in [-0.4, -0.2) is 44.8 Å². The second-order valence-electron chi connectivity index (χ2n) is 8.19. The van der Waals surface area contributed by atoms with Crippen LogP contribution in [0.3, 0.4) is 0 Å². The zero-order chi connectivity index (χ0) is 21.8. The molecule has 6 nitrogen and oxygen atoms in total. The van der Waals surface area contributed by atoms with Crippen LogP contribution in [0.15, 0.2) is 53.4 Å². The Kier molecular flexibility index (Phi) is 6.57. The third kappa shape index (κ3) is 4.91. The van der Waals surface area contributed by atoms with Gasteiger partial charge in [-0.3, -0.25) is 4.79 Å². The van der Waals surface area contributed by atoms with Gasteiger partial charge in [-0.1, -0.05) is 18.6 Å². The van der Waals surface area contributed by atoms with Crippen molar-refractivity contribution in [3.63, 3.8) is 0 Å². The van der Waals surface area contributed by atoms with E-state index in [0.717, 1.165) is 19.3 Å². The predicted molar refractivity (Wildman–Crippen MR) is 119 cm³/mol. The van der Waals surface area contributed by atoms with Crippen LogP contribution in [0.1, 0.15) is 32.1 Å². The van der Waals surface area contributed by atoms with Crippen LogP contribution in [0.25, 0.3) is 0 Å². The SMILES string of the molecule is O=C(Nc1ccc(S(=O)(=O)N2CCCCC2)cc1)C1CCN(c2ccccc2F)CC1. The van der Waals surface area contributed by atoms with Crippen LogP contribution in [0, 0.1) is 11.7 Å². The maximum Gasteiger partial charge on any atom is 0.243 e. The van der Waals surface area contributed by atoms with E-state index >= 15 is 0 Å². The summed E-state index contributed by atoms with van der Waals surface area (Å²) in [5, 5.41) is 2.90. The van der Waals surface area contributed by atoms with E-state index in [2.05, 4.69) is 5.32 Å². The van der Waals surface area contributed by atoms with Crippen molar-refractivity contribution in [3.05, 3.63) is 54.3 Å². The highest BCUT2D eigenvalue weighted by molar-refractivity contribution is 7.89. The zero-order valence-electron chi connectivity index (χ0n) is 17.5. The van der Waals surface area contributed by atoms with E-state index in [4.69, 9.17) is 0 Å². The van der Waals surface area contributed by atoms with Gasteiger partial charge in [0.25, 0.3) is 0 Å². The molecule has 8 heteroatoms. The number of para-hydroxylation sites is 1. The van der Waals surface area contributed by atoms with Crippen LogP contribution >= 0.6 is 0 Å². The van der Waals surface area contributed by atoms with Gasteiger partial charge >= 0.3 is 0 Å². The van der Waals surface area contributed by atoms with Crippen LogP contribution < -0.4 is 10.2 Å². The molecule has 2 aliphatic rings. The molecular formula is C23H28FN3O3S. The highest BCUT2D eigenvalue weighted by Crippen LogP contribution is 2.27. The number of benzene rings is 2. The number of nitrogens with one attached hydrogen (secondary N) is 1. The van der Waals surface area contributed by atoms with Crippen molar-refractivity contribution in [3.8, 4) is 0 Å². The molecule has 0 atom stereocenters. The summed E-state index contributed by atoms with van der Waals surface area (Å²) < 4.78 is 41.0. The second kappa shape index (κ2) is 9.36. The van der Waals surface area contributed by atoms with E-state index in [1.54, 1.807) is 36.4 Å². The van der Waals surface area contributed by atoms with E-state index in [9.17, 15) is 17.6 Å². The number of carbonyl (C=O) groups excluding carboxylic acids is 1. The number of nitrogens with zero attached hydrogens (tertiary/aromatic N) is 2. The van der Waals surface area contributed by atoms with Crippen LogP contribution in [-0.2, 0) is 14.8 Å². The molecule has 2 aromatic carbocycles. The molecule has 31 heavy (non-hydrogen) atoms. The van der Waals surface area contributed by atoms with Gasteiger partial charge in [0, 0.05) is 37.8 Å². The summed E-state index contributed by atoms with van der Waals surface area (Å²) in [6.07, 6.45) is 4.13. The number of amides is 1. The van der Waals surface area contributed by atoms with Crippen LogP contribution in [0.2, 0.25) is 0 Å². The first-order valence-electron chi connectivity index (χ1n) is 10.9. The highest BCUT2D eigenvalue weighted by Gasteiger charge is 2.27. The van der Waals surface area contributed by atoms with E-state index < -0.39 is 10.0 Å². The van der Waals surface area contributed by atoms with Gasteiger partial charge in [-0.05, 0) is 62.1 Å². The Balaban J connectivity index is 1.33. The number of rotatable bonds is 5. The molecule has 2 aromatic rings. The average molecular weight is 446 g/mol. The molecule has 0 bridgehead atoms. The molecule has 1 amide bonds. The minimum Gasteiger partial charge on any atom is -0.369 e. The van der Waals surface area contributed by atoms with Crippen LogP contribution in [0.5, 0.6) is 0 Å². The van der Waals surface area contributed by atoms with Crippen molar-refractivity contribution in [1.29, 1.82) is 0 Å². The van der Waals surface area contributed by atoms with E-state index in [0.29, 0.717) is 50.4 Å². The number of carbonyl (C=O) groups is 1. The Hall–Kier alpha value is -2.45. The first-order chi connectivity index (χ1) is 14.9. The van der Waals surface area contributed by atoms with Crippen molar-refractivity contribution in [2.75, 3.05) is 36.4 Å². The van der Waals surface area contributed by atoms with Crippen molar-refractivity contribution < 1.29 is 17.6 Å². The highest BCUT2D eigenvalue weighted by atomic mass is 32.2. The zero-order valence-corrected chi connectivity index (χ0v) is 18.3. The first-order valence-corrected chi connectivity index (χ1v) is 12.3. The summed E-state index contributed by atoms with van der Waals surface area (Å²) in [5.74, 6) is -0.482. The van der Waals surface area contributed by atoms with Crippen molar-refractivity contribution in [2.45, 2.75) is 37.0 Å². The quantitative estimate of drug-likeness (QED) is 0.759. The molecule has 0 radical (unpaired) electrons. The van der Waals surface area contributed by atoms with Gasteiger partial charge in [-0.15, -0.1) is 0 Å². The number of sulfonamides is 1. The second-order valence-corrected chi connectivity index (χ2v) is 10.1. The molecular weight excluding hydrogens is 417 g/mol. The smallest absolute Gasteiger partial charge is 0.243 e. The molecule has 2 saturated heterocycles. The lowest BCUT2D eigenvalue weighted by molar-refractivity contribution is -0.120. The number of hydrogen-bond donors (Lipinski definition) is 1. The predicted octanol–water partition coefficient (Wildman–Crippen LogP) is 3.86. The molecule has 0 aliphatic carbocycles. The fourth-order valence-electron chi connectivity index (χ4n) is 4.30. The Morgan fingerprint density at radius 1 is 0.903 bits per heavy atom.